The summed E-state index contributed by atoms with van der Waals surface area (Å²) in [5.41, 5.74) is 3.11. The topological polar surface area (TPSA) is 40.6 Å². The Labute approximate surface area is 177 Å². The summed E-state index contributed by atoms with van der Waals surface area (Å²) in [5.74, 6) is 0.372. The number of likely N-dealkylation sites (tertiary alicyclic amines) is 1. The van der Waals surface area contributed by atoms with Gasteiger partial charge in [-0.15, -0.1) is 0 Å². The molecule has 0 saturated carbocycles. The first kappa shape index (κ1) is 20.0. The molecule has 0 aromatic heterocycles. The van der Waals surface area contributed by atoms with Crippen LogP contribution in [0.4, 0.5) is 0 Å². The quantitative estimate of drug-likeness (QED) is 0.764. The van der Waals surface area contributed by atoms with Crippen LogP contribution in [0.2, 0.25) is 5.02 Å². The summed E-state index contributed by atoms with van der Waals surface area (Å²) in [6, 6.07) is 15.8. The van der Waals surface area contributed by atoms with Gasteiger partial charge in [-0.2, -0.15) is 0 Å². The van der Waals surface area contributed by atoms with Crippen LogP contribution in [0.5, 0.6) is 0 Å². The van der Waals surface area contributed by atoms with Gasteiger partial charge in [-0.25, -0.2) is 0 Å². The highest BCUT2D eigenvalue weighted by molar-refractivity contribution is 6.30. The number of piperidine rings is 1. The summed E-state index contributed by atoms with van der Waals surface area (Å²) in [5, 5.41) is 0.675. The van der Waals surface area contributed by atoms with Crippen LogP contribution in [0.3, 0.4) is 0 Å². The average Bonchev–Trinajstić information content (AvgIpc) is 2.85. The number of rotatable bonds is 3. The molecule has 2 amide bonds. The fourth-order valence-electron chi connectivity index (χ4n) is 4.66. The molecule has 0 unspecified atom stereocenters. The predicted molar refractivity (Wildman–Crippen MR) is 115 cm³/mol. The van der Waals surface area contributed by atoms with Crippen molar-refractivity contribution in [2.45, 2.75) is 39.2 Å². The van der Waals surface area contributed by atoms with Crippen LogP contribution in [0, 0.1) is 5.41 Å². The highest BCUT2D eigenvalue weighted by atomic mass is 35.5. The smallest absolute Gasteiger partial charge is 0.229 e. The molecular weight excluding hydrogens is 384 g/mol. The molecular formula is C24H27ClN2O2. The van der Waals surface area contributed by atoms with E-state index in [1.165, 1.54) is 11.1 Å². The van der Waals surface area contributed by atoms with E-state index in [2.05, 4.69) is 18.2 Å². The standard InChI is InChI=1S/C24H27ClN2O2/c1-2-26-17-20-6-4-3-5-19(20)16-24(23(26)29)11-13-27(14-12-24)22(28)15-18-7-9-21(25)10-8-18/h3-10H,2,11-17H2,1H3. The van der Waals surface area contributed by atoms with E-state index in [1.807, 2.05) is 47.1 Å². The minimum absolute atomic E-state index is 0.121. The van der Waals surface area contributed by atoms with Crippen LogP contribution < -0.4 is 0 Å². The van der Waals surface area contributed by atoms with Gasteiger partial charge in [0.05, 0.1) is 11.8 Å². The molecule has 0 aliphatic carbocycles. The fourth-order valence-corrected chi connectivity index (χ4v) is 4.78. The second-order valence-electron chi connectivity index (χ2n) is 8.23. The number of carbonyl (C=O) groups excluding carboxylic acids is 2. The van der Waals surface area contributed by atoms with Crippen molar-refractivity contribution in [3.05, 3.63) is 70.2 Å². The third kappa shape index (κ3) is 4.04. The predicted octanol–water partition coefficient (Wildman–Crippen LogP) is 4.10. The van der Waals surface area contributed by atoms with Crippen LogP contribution in [-0.2, 0) is 29.0 Å². The Kier molecular flexibility index (Phi) is 5.64. The van der Waals surface area contributed by atoms with Crippen LogP contribution in [0.1, 0.15) is 36.5 Å². The van der Waals surface area contributed by atoms with E-state index in [-0.39, 0.29) is 17.2 Å². The van der Waals surface area contributed by atoms with Crippen LogP contribution >= 0.6 is 11.6 Å². The lowest BCUT2D eigenvalue weighted by molar-refractivity contribution is -0.148. The van der Waals surface area contributed by atoms with Crippen molar-refractivity contribution < 1.29 is 9.59 Å². The Balaban J connectivity index is 1.48. The SMILES string of the molecule is CCN1Cc2ccccc2CC2(CCN(C(=O)Cc3ccc(Cl)cc3)CC2)C1=O. The van der Waals surface area contributed by atoms with Gasteiger partial charge in [0.25, 0.3) is 0 Å². The lowest BCUT2D eigenvalue weighted by atomic mass is 9.73. The highest BCUT2D eigenvalue weighted by Crippen LogP contribution is 2.40. The molecule has 1 spiro atoms. The van der Waals surface area contributed by atoms with Gasteiger partial charge >= 0.3 is 0 Å². The Hall–Kier alpha value is -2.33. The van der Waals surface area contributed by atoms with Crippen molar-refractivity contribution in [1.82, 2.24) is 9.80 Å². The number of amides is 2. The molecule has 1 saturated heterocycles. The molecule has 152 valence electrons. The molecule has 29 heavy (non-hydrogen) atoms. The van der Waals surface area contributed by atoms with Crippen LogP contribution in [-0.4, -0.2) is 41.2 Å². The number of nitrogens with zero attached hydrogens (tertiary/aromatic N) is 2. The zero-order chi connectivity index (χ0) is 20.4. The maximum atomic E-state index is 13.4. The number of hydrogen-bond donors (Lipinski definition) is 0. The summed E-state index contributed by atoms with van der Waals surface area (Å²) in [6.45, 7) is 4.72. The molecule has 0 bridgehead atoms. The second kappa shape index (κ2) is 8.19. The van der Waals surface area contributed by atoms with Crippen molar-refractivity contribution in [3.8, 4) is 0 Å². The van der Waals surface area contributed by atoms with Crippen LogP contribution in [0.25, 0.3) is 0 Å². The molecule has 2 aromatic rings. The molecule has 0 radical (unpaired) electrons. The Bertz CT molecular complexity index is 901. The van der Waals surface area contributed by atoms with Crippen molar-refractivity contribution in [3.63, 3.8) is 0 Å². The molecule has 1 fully saturated rings. The third-order valence-corrected chi connectivity index (χ3v) is 6.72. The third-order valence-electron chi connectivity index (χ3n) is 6.47. The largest absolute Gasteiger partial charge is 0.342 e. The lowest BCUT2D eigenvalue weighted by Crippen LogP contribution is -2.51. The van der Waals surface area contributed by atoms with Crippen LogP contribution in [0.15, 0.2) is 48.5 Å². The maximum Gasteiger partial charge on any atom is 0.229 e. The number of halogens is 1. The maximum absolute atomic E-state index is 13.4. The molecule has 0 atom stereocenters. The summed E-state index contributed by atoms with van der Waals surface area (Å²) < 4.78 is 0. The number of fused-ring (bicyclic) bond motifs is 1. The summed E-state index contributed by atoms with van der Waals surface area (Å²) in [7, 11) is 0. The second-order valence-corrected chi connectivity index (χ2v) is 8.67. The van der Waals surface area contributed by atoms with Crippen molar-refractivity contribution in [2.75, 3.05) is 19.6 Å². The minimum atomic E-state index is -0.389. The molecule has 2 aliphatic rings. The van der Waals surface area contributed by atoms with E-state index >= 15 is 0 Å². The van der Waals surface area contributed by atoms with Crippen molar-refractivity contribution in [1.29, 1.82) is 0 Å². The molecule has 5 heteroatoms. The van der Waals surface area contributed by atoms with E-state index in [1.54, 1.807) is 0 Å². The molecule has 2 heterocycles. The molecule has 2 aromatic carbocycles. The van der Waals surface area contributed by atoms with Gasteiger partial charge in [0.2, 0.25) is 11.8 Å². The van der Waals surface area contributed by atoms with Gasteiger partial charge < -0.3 is 9.80 Å². The van der Waals surface area contributed by atoms with Gasteiger partial charge in [0.15, 0.2) is 0 Å². The Morgan fingerprint density at radius 3 is 2.34 bits per heavy atom. The Morgan fingerprint density at radius 2 is 1.69 bits per heavy atom. The zero-order valence-corrected chi connectivity index (χ0v) is 17.6. The number of hydrogen-bond acceptors (Lipinski definition) is 2. The van der Waals surface area contributed by atoms with E-state index in [4.69, 9.17) is 11.6 Å². The fraction of sp³-hybridized carbons (Fsp3) is 0.417. The highest BCUT2D eigenvalue weighted by Gasteiger charge is 2.45. The summed E-state index contributed by atoms with van der Waals surface area (Å²) in [6.07, 6.45) is 2.60. The van der Waals surface area contributed by atoms with Gasteiger partial charge in [-0.1, -0.05) is 48.0 Å². The molecule has 2 aliphatic heterocycles. The minimum Gasteiger partial charge on any atom is -0.342 e. The Morgan fingerprint density at radius 1 is 1.03 bits per heavy atom. The molecule has 4 nitrogen and oxygen atoms in total. The molecule has 0 N–H and O–H groups in total. The van der Waals surface area contributed by atoms with Gasteiger partial charge in [0.1, 0.15) is 0 Å². The van der Waals surface area contributed by atoms with Crippen molar-refractivity contribution >= 4 is 23.4 Å². The summed E-state index contributed by atoms with van der Waals surface area (Å²) in [4.78, 5) is 30.1. The van der Waals surface area contributed by atoms with E-state index in [0.717, 1.165) is 24.8 Å². The van der Waals surface area contributed by atoms with Gasteiger partial charge in [0, 0.05) is 31.2 Å². The summed E-state index contributed by atoms with van der Waals surface area (Å²) >= 11 is 5.93. The van der Waals surface area contributed by atoms with E-state index in [9.17, 15) is 9.59 Å². The zero-order valence-electron chi connectivity index (χ0n) is 16.9. The van der Waals surface area contributed by atoms with E-state index in [0.29, 0.717) is 37.6 Å². The van der Waals surface area contributed by atoms with Gasteiger partial charge in [-0.05, 0) is 55.0 Å². The van der Waals surface area contributed by atoms with Gasteiger partial charge in [-0.3, -0.25) is 9.59 Å². The molecule has 4 rings (SSSR count). The van der Waals surface area contributed by atoms with E-state index < -0.39 is 0 Å². The first-order valence-corrected chi connectivity index (χ1v) is 10.8. The monoisotopic (exact) mass is 410 g/mol. The van der Waals surface area contributed by atoms with Crippen molar-refractivity contribution in [2.24, 2.45) is 5.41 Å². The first-order valence-electron chi connectivity index (χ1n) is 10.4. The normalized spacial score (nSPS) is 18.5. The first-order chi connectivity index (χ1) is 14.0. The lowest BCUT2D eigenvalue weighted by Gasteiger charge is -2.42. The average molecular weight is 411 g/mol. The number of benzene rings is 2. The number of carbonyl (C=O) groups is 2.